The minimum atomic E-state index is 0.484. The van der Waals surface area contributed by atoms with Crippen molar-refractivity contribution in [3.63, 3.8) is 0 Å². The molecule has 0 unspecified atom stereocenters. The summed E-state index contributed by atoms with van der Waals surface area (Å²) in [5.41, 5.74) is 3.52. The van der Waals surface area contributed by atoms with Crippen molar-refractivity contribution in [1.29, 1.82) is 0 Å². The highest BCUT2D eigenvalue weighted by Crippen LogP contribution is 2.16. The van der Waals surface area contributed by atoms with E-state index in [9.17, 15) is 0 Å². The zero-order chi connectivity index (χ0) is 15.2. The van der Waals surface area contributed by atoms with E-state index in [1.165, 1.54) is 11.1 Å². The zero-order valence-corrected chi connectivity index (χ0v) is 13.3. The lowest BCUT2D eigenvalue weighted by Crippen LogP contribution is -2.23. The smallest absolute Gasteiger partial charge is 0.128 e. The number of aromatic nitrogens is 2. The number of anilines is 1. The minimum absolute atomic E-state index is 0.484. The first-order chi connectivity index (χ1) is 10.1. The van der Waals surface area contributed by atoms with E-state index < -0.39 is 0 Å². The topological polar surface area (TPSA) is 41.1 Å². The van der Waals surface area contributed by atoms with Crippen molar-refractivity contribution in [2.24, 2.45) is 0 Å². The number of pyridine rings is 2. The van der Waals surface area contributed by atoms with Gasteiger partial charge in [0.05, 0.1) is 0 Å². The lowest BCUT2D eigenvalue weighted by molar-refractivity contribution is 0.586. The molecule has 21 heavy (non-hydrogen) atoms. The van der Waals surface area contributed by atoms with E-state index in [2.05, 4.69) is 61.2 Å². The molecule has 1 N–H and O–H groups in total. The maximum Gasteiger partial charge on any atom is 0.128 e. The van der Waals surface area contributed by atoms with Crippen LogP contribution in [0.1, 0.15) is 30.7 Å². The average Bonchev–Trinajstić information content (AvgIpc) is 2.46. The Labute approximate surface area is 127 Å². The van der Waals surface area contributed by atoms with Crippen molar-refractivity contribution >= 4 is 5.82 Å². The van der Waals surface area contributed by atoms with Gasteiger partial charge in [0.1, 0.15) is 5.82 Å². The summed E-state index contributed by atoms with van der Waals surface area (Å²) in [5.74, 6) is 0.990. The average molecular weight is 284 g/mol. The SMILES string of the molecule is Cc1nc(N(C)Cc2cccnc2)ccc1CNC(C)C. The summed E-state index contributed by atoms with van der Waals surface area (Å²) in [4.78, 5) is 11.0. The summed E-state index contributed by atoms with van der Waals surface area (Å²) in [7, 11) is 2.06. The van der Waals surface area contributed by atoms with Crippen LogP contribution in [-0.4, -0.2) is 23.1 Å². The summed E-state index contributed by atoms with van der Waals surface area (Å²) >= 11 is 0. The van der Waals surface area contributed by atoms with E-state index >= 15 is 0 Å². The Bertz CT molecular complexity index is 566. The summed E-state index contributed by atoms with van der Waals surface area (Å²) in [6, 6.07) is 8.77. The van der Waals surface area contributed by atoms with Crippen molar-refractivity contribution in [2.45, 2.75) is 39.9 Å². The van der Waals surface area contributed by atoms with Crippen molar-refractivity contribution < 1.29 is 0 Å². The van der Waals surface area contributed by atoms with Gasteiger partial charge in [-0.15, -0.1) is 0 Å². The molecule has 0 saturated heterocycles. The molecule has 0 aliphatic rings. The van der Waals surface area contributed by atoms with Crippen LogP contribution >= 0.6 is 0 Å². The lowest BCUT2D eigenvalue weighted by atomic mass is 10.2. The number of hydrogen-bond acceptors (Lipinski definition) is 4. The van der Waals surface area contributed by atoms with Crippen molar-refractivity contribution in [1.82, 2.24) is 15.3 Å². The molecule has 2 aromatic rings. The van der Waals surface area contributed by atoms with Crippen LogP contribution in [0.3, 0.4) is 0 Å². The first-order valence-electron chi connectivity index (χ1n) is 7.36. The summed E-state index contributed by atoms with van der Waals surface area (Å²) in [5, 5.41) is 3.43. The first kappa shape index (κ1) is 15.4. The molecule has 0 aromatic carbocycles. The van der Waals surface area contributed by atoms with Gasteiger partial charge >= 0.3 is 0 Å². The minimum Gasteiger partial charge on any atom is -0.355 e. The Kier molecular flexibility index (Phi) is 5.28. The van der Waals surface area contributed by atoms with Crippen LogP contribution in [-0.2, 0) is 13.1 Å². The largest absolute Gasteiger partial charge is 0.355 e. The Morgan fingerprint density at radius 3 is 2.67 bits per heavy atom. The second kappa shape index (κ2) is 7.18. The fraction of sp³-hybridized carbons (Fsp3) is 0.412. The van der Waals surface area contributed by atoms with E-state index in [1.807, 2.05) is 12.3 Å². The molecule has 2 rings (SSSR count). The van der Waals surface area contributed by atoms with Gasteiger partial charge in [-0.1, -0.05) is 26.0 Å². The Hall–Kier alpha value is -1.94. The van der Waals surface area contributed by atoms with Crippen LogP contribution in [0.4, 0.5) is 5.82 Å². The monoisotopic (exact) mass is 284 g/mol. The third kappa shape index (κ3) is 4.53. The molecule has 2 heterocycles. The summed E-state index contributed by atoms with van der Waals surface area (Å²) < 4.78 is 0. The summed E-state index contributed by atoms with van der Waals surface area (Å²) in [6.45, 7) is 8.04. The normalized spacial score (nSPS) is 10.9. The first-order valence-corrected chi connectivity index (χ1v) is 7.36. The van der Waals surface area contributed by atoms with Crippen LogP contribution in [0.5, 0.6) is 0 Å². The third-order valence-electron chi connectivity index (χ3n) is 3.41. The van der Waals surface area contributed by atoms with Gasteiger partial charge in [0.2, 0.25) is 0 Å². The van der Waals surface area contributed by atoms with Crippen LogP contribution < -0.4 is 10.2 Å². The quantitative estimate of drug-likeness (QED) is 0.885. The molecule has 4 nitrogen and oxygen atoms in total. The summed E-state index contributed by atoms with van der Waals surface area (Å²) in [6.07, 6.45) is 3.69. The molecule has 0 spiro atoms. The standard InChI is InChI=1S/C17H24N4/c1-13(2)19-11-16-7-8-17(20-14(16)3)21(4)12-15-6-5-9-18-10-15/h5-10,13,19H,11-12H2,1-4H3. The van der Waals surface area contributed by atoms with Crippen LogP contribution in [0.25, 0.3) is 0 Å². The van der Waals surface area contributed by atoms with Gasteiger partial charge in [0.15, 0.2) is 0 Å². The zero-order valence-electron chi connectivity index (χ0n) is 13.3. The van der Waals surface area contributed by atoms with Gasteiger partial charge in [-0.2, -0.15) is 0 Å². The Morgan fingerprint density at radius 2 is 2.05 bits per heavy atom. The highest BCUT2D eigenvalue weighted by Gasteiger charge is 2.07. The fourth-order valence-corrected chi connectivity index (χ4v) is 2.14. The number of rotatable bonds is 6. The molecule has 0 amide bonds. The lowest BCUT2D eigenvalue weighted by Gasteiger charge is -2.19. The van der Waals surface area contributed by atoms with Crippen molar-refractivity contribution in [2.75, 3.05) is 11.9 Å². The van der Waals surface area contributed by atoms with Crippen LogP contribution in [0, 0.1) is 6.92 Å². The van der Waals surface area contributed by atoms with Gasteiger partial charge in [-0.3, -0.25) is 4.98 Å². The van der Waals surface area contributed by atoms with Crippen LogP contribution in [0.15, 0.2) is 36.7 Å². The van der Waals surface area contributed by atoms with Gasteiger partial charge in [0, 0.05) is 44.3 Å². The maximum absolute atomic E-state index is 4.71. The molecule has 0 aliphatic heterocycles. The van der Waals surface area contributed by atoms with Gasteiger partial charge in [-0.05, 0) is 30.2 Å². The molecule has 0 aliphatic carbocycles. The van der Waals surface area contributed by atoms with E-state index in [0.29, 0.717) is 6.04 Å². The molecular weight excluding hydrogens is 260 g/mol. The van der Waals surface area contributed by atoms with Gasteiger partial charge in [0.25, 0.3) is 0 Å². The van der Waals surface area contributed by atoms with Gasteiger partial charge in [-0.25, -0.2) is 4.98 Å². The second-order valence-corrected chi connectivity index (χ2v) is 5.67. The predicted molar refractivity (Wildman–Crippen MR) is 87.3 cm³/mol. The molecule has 4 heteroatoms. The predicted octanol–water partition coefficient (Wildman–Crippen LogP) is 2.92. The van der Waals surface area contributed by atoms with E-state index in [-0.39, 0.29) is 0 Å². The van der Waals surface area contributed by atoms with E-state index in [1.54, 1.807) is 6.20 Å². The molecule has 0 bridgehead atoms. The highest BCUT2D eigenvalue weighted by molar-refractivity contribution is 5.41. The maximum atomic E-state index is 4.71. The number of aryl methyl sites for hydroxylation is 1. The molecule has 112 valence electrons. The Morgan fingerprint density at radius 1 is 1.24 bits per heavy atom. The van der Waals surface area contributed by atoms with Gasteiger partial charge < -0.3 is 10.2 Å². The van der Waals surface area contributed by atoms with E-state index in [4.69, 9.17) is 4.98 Å². The third-order valence-corrected chi connectivity index (χ3v) is 3.41. The van der Waals surface area contributed by atoms with Crippen LogP contribution in [0.2, 0.25) is 0 Å². The molecule has 0 fully saturated rings. The second-order valence-electron chi connectivity index (χ2n) is 5.67. The molecule has 0 atom stereocenters. The number of nitrogens with one attached hydrogen (secondary N) is 1. The molecule has 0 radical (unpaired) electrons. The number of nitrogens with zero attached hydrogens (tertiary/aromatic N) is 3. The molecule has 2 aromatic heterocycles. The molecular formula is C17H24N4. The fourth-order valence-electron chi connectivity index (χ4n) is 2.14. The Balaban J connectivity index is 2.05. The van der Waals surface area contributed by atoms with E-state index in [0.717, 1.165) is 24.6 Å². The number of hydrogen-bond donors (Lipinski definition) is 1. The van der Waals surface area contributed by atoms with Crippen molar-refractivity contribution in [3.05, 3.63) is 53.5 Å². The highest BCUT2D eigenvalue weighted by atomic mass is 15.2. The molecule has 0 saturated carbocycles. The van der Waals surface area contributed by atoms with Crippen molar-refractivity contribution in [3.8, 4) is 0 Å².